The average Bonchev–Trinajstić information content (AvgIpc) is 3.15. The van der Waals surface area contributed by atoms with Crippen LogP contribution in [0, 0.1) is 0 Å². The molecule has 3 atom stereocenters. The topological polar surface area (TPSA) is 67.9 Å². The number of ether oxygens (including phenoxy) is 2. The highest BCUT2D eigenvalue weighted by Crippen LogP contribution is 2.34. The van der Waals surface area contributed by atoms with Crippen LogP contribution in [0.5, 0.6) is 0 Å². The number of nitrogens with zero attached hydrogens (tertiary/aromatic N) is 1. The second kappa shape index (κ2) is 10.5. The van der Waals surface area contributed by atoms with Crippen molar-refractivity contribution in [3.63, 3.8) is 0 Å². The van der Waals surface area contributed by atoms with Gasteiger partial charge in [-0.3, -0.25) is 0 Å². The van der Waals surface area contributed by atoms with E-state index in [1.54, 1.807) is 4.90 Å². The van der Waals surface area contributed by atoms with Gasteiger partial charge in [0.25, 0.3) is 0 Å². The molecule has 1 aromatic carbocycles. The number of methoxy groups -OCH3 is 1. The van der Waals surface area contributed by atoms with Crippen molar-refractivity contribution in [1.29, 1.82) is 0 Å². The van der Waals surface area contributed by atoms with Gasteiger partial charge >= 0.3 is 6.09 Å². The Balaban J connectivity index is 1.54. The number of amides is 1. The van der Waals surface area contributed by atoms with E-state index in [2.05, 4.69) is 35.1 Å². The Labute approximate surface area is 176 Å². The smallest absolute Gasteiger partial charge is 0.409 e. The Morgan fingerprint density at radius 1 is 1.17 bits per heavy atom. The van der Waals surface area contributed by atoms with Gasteiger partial charge in [-0.25, -0.2) is 13.7 Å². The van der Waals surface area contributed by atoms with Crippen LogP contribution < -0.4 is 4.72 Å². The number of carbonyl (C=O) groups is 1. The molecule has 1 saturated heterocycles. The zero-order valence-electron chi connectivity index (χ0n) is 17.7. The van der Waals surface area contributed by atoms with Crippen molar-refractivity contribution in [2.24, 2.45) is 0 Å². The van der Waals surface area contributed by atoms with Crippen molar-refractivity contribution < 1.29 is 18.5 Å². The number of rotatable bonds is 7. The minimum absolute atomic E-state index is 0.0250. The van der Waals surface area contributed by atoms with Crippen LogP contribution in [0.1, 0.15) is 57.4 Å². The van der Waals surface area contributed by atoms with Gasteiger partial charge in [0, 0.05) is 17.8 Å². The molecule has 1 aromatic rings. The van der Waals surface area contributed by atoms with Crippen LogP contribution in [0.15, 0.2) is 30.3 Å². The zero-order chi connectivity index (χ0) is 20.8. The second-order valence-corrected chi connectivity index (χ2v) is 10.1. The number of hydrogen-bond acceptors (Lipinski definition) is 4. The molecule has 3 rings (SSSR count). The normalized spacial score (nSPS) is 28.5. The first kappa shape index (κ1) is 22.2. The summed E-state index contributed by atoms with van der Waals surface area (Å²) in [5.41, 5.74) is 1.42. The van der Waals surface area contributed by atoms with Gasteiger partial charge in [0.2, 0.25) is 0 Å². The molecule has 1 heterocycles. The Morgan fingerprint density at radius 2 is 1.86 bits per heavy atom. The van der Waals surface area contributed by atoms with Gasteiger partial charge in [-0.05, 0) is 57.4 Å². The molecular weight excluding hydrogens is 388 g/mol. The summed E-state index contributed by atoms with van der Waals surface area (Å²) in [5.74, 6) is 0.608. The van der Waals surface area contributed by atoms with Crippen molar-refractivity contribution >= 4 is 17.1 Å². The Morgan fingerprint density at radius 3 is 2.48 bits per heavy atom. The maximum atomic E-state index is 12.3. The van der Waals surface area contributed by atoms with Crippen molar-refractivity contribution in [3.05, 3.63) is 35.9 Å². The molecule has 1 aliphatic carbocycles. The largest absolute Gasteiger partial charge is 0.453 e. The number of nitrogens with one attached hydrogen (secondary N) is 1. The summed E-state index contributed by atoms with van der Waals surface area (Å²) in [6.45, 7) is 4.89. The third-order valence-corrected chi connectivity index (χ3v) is 7.49. The molecule has 1 saturated carbocycles. The monoisotopic (exact) mass is 422 g/mol. The van der Waals surface area contributed by atoms with Crippen molar-refractivity contribution in [2.45, 2.75) is 75.3 Å². The minimum Gasteiger partial charge on any atom is -0.453 e. The van der Waals surface area contributed by atoms with Crippen LogP contribution in [-0.4, -0.2) is 58.9 Å². The molecule has 0 radical (unpaired) electrons. The van der Waals surface area contributed by atoms with E-state index < -0.39 is 11.0 Å². The van der Waals surface area contributed by atoms with E-state index in [1.807, 2.05) is 13.8 Å². The predicted octanol–water partition coefficient (Wildman–Crippen LogP) is 3.60. The fourth-order valence-corrected chi connectivity index (χ4v) is 5.19. The fourth-order valence-electron chi connectivity index (χ4n) is 4.35. The molecule has 2 aliphatic rings. The van der Waals surface area contributed by atoms with Gasteiger partial charge in [0.15, 0.2) is 0 Å². The Bertz CT molecular complexity index is 677. The van der Waals surface area contributed by atoms with E-state index in [4.69, 9.17) is 9.47 Å². The highest BCUT2D eigenvalue weighted by Gasteiger charge is 2.39. The van der Waals surface area contributed by atoms with E-state index in [9.17, 15) is 9.00 Å². The van der Waals surface area contributed by atoms with Crippen molar-refractivity contribution in [1.82, 2.24) is 9.62 Å². The first-order valence-corrected chi connectivity index (χ1v) is 11.9. The molecule has 6 nitrogen and oxygen atoms in total. The third kappa shape index (κ3) is 5.80. The van der Waals surface area contributed by atoms with Gasteiger partial charge in [0.05, 0.1) is 36.8 Å². The van der Waals surface area contributed by atoms with Crippen molar-refractivity contribution in [2.75, 3.05) is 20.3 Å². The van der Waals surface area contributed by atoms with Crippen LogP contribution in [0.25, 0.3) is 0 Å². The molecule has 1 unspecified atom stereocenters. The Hall–Kier alpha value is -1.44. The van der Waals surface area contributed by atoms with Gasteiger partial charge in [-0.1, -0.05) is 30.3 Å². The lowest BCUT2D eigenvalue weighted by Crippen LogP contribution is -2.49. The molecule has 1 N–H and O–H groups in total. The molecule has 162 valence electrons. The first-order chi connectivity index (χ1) is 14.0. The van der Waals surface area contributed by atoms with E-state index in [1.165, 1.54) is 12.7 Å². The standard InChI is InChI=1S/C22H34N2O4S/c1-16(2)29(26)23-20-13-14-24(22(25)27-3)21(20)15-28-19-11-9-18(10-12-19)17-7-5-4-6-8-17/h4-8,16,18-21,23H,9-15H2,1-3H3/t18?,19?,20-,21-,29?/m0/s1. The number of benzene rings is 1. The lowest BCUT2D eigenvalue weighted by Gasteiger charge is -2.32. The summed E-state index contributed by atoms with van der Waals surface area (Å²) in [6, 6.07) is 10.5. The summed E-state index contributed by atoms with van der Waals surface area (Å²) in [6.07, 6.45) is 4.93. The summed E-state index contributed by atoms with van der Waals surface area (Å²) in [7, 11) is 0.270. The number of likely N-dealkylation sites (tertiary alicyclic amines) is 1. The summed E-state index contributed by atoms with van der Waals surface area (Å²) in [4.78, 5) is 13.9. The van der Waals surface area contributed by atoms with Crippen molar-refractivity contribution in [3.8, 4) is 0 Å². The summed E-state index contributed by atoms with van der Waals surface area (Å²) < 4.78 is 26.7. The van der Waals surface area contributed by atoms with Crippen LogP contribution >= 0.6 is 0 Å². The molecule has 29 heavy (non-hydrogen) atoms. The van der Waals surface area contributed by atoms with E-state index in [-0.39, 0.29) is 29.5 Å². The molecular formula is C22H34N2O4S. The van der Waals surface area contributed by atoms with E-state index >= 15 is 0 Å². The molecule has 7 heteroatoms. The third-order valence-electron chi connectivity index (χ3n) is 6.10. The summed E-state index contributed by atoms with van der Waals surface area (Å²) in [5, 5.41) is 0.0250. The van der Waals surface area contributed by atoms with E-state index in [0.29, 0.717) is 19.1 Å². The van der Waals surface area contributed by atoms with Gasteiger partial charge in [0.1, 0.15) is 0 Å². The molecule has 1 aliphatic heterocycles. The van der Waals surface area contributed by atoms with Crippen LogP contribution in [0.3, 0.4) is 0 Å². The zero-order valence-corrected chi connectivity index (χ0v) is 18.5. The van der Waals surface area contributed by atoms with Gasteiger partial charge in [-0.2, -0.15) is 0 Å². The molecule has 0 aromatic heterocycles. The molecule has 1 amide bonds. The lowest BCUT2D eigenvalue weighted by atomic mass is 9.83. The number of carbonyl (C=O) groups excluding carboxylic acids is 1. The van der Waals surface area contributed by atoms with Crippen LogP contribution in [0.2, 0.25) is 0 Å². The molecule has 0 bridgehead atoms. The average molecular weight is 423 g/mol. The highest BCUT2D eigenvalue weighted by molar-refractivity contribution is 7.83. The lowest BCUT2D eigenvalue weighted by molar-refractivity contribution is -0.00530. The quantitative estimate of drug-likeness (QED) is 0.729. The highest BCUT2D eigenvalue weighted by atomic mass is 32.2. The number of hydrogen-bond donors (Lipinski definition) is 1. The van der Waals surface area contributed by atoms with Crippen LogP contribution in [-0.2, 0) is 20.5 Å². The SMILES string of the molecule is COC(=O)N1CC[C@H](NS(=O)C(C)C)[C@@H]1COC1CCC(c2ccccc2)CC1. The Kier molecular flexibility index (Phi) is 8.09. The maximum absolute atomic E-state index is 12.3. The molecule has 2 fully saturated rings. The maximum Gasteiger partial charge on any atom is 0.409 e. The van der Waals surface area contributed by atoms with Gasteiger partial charge < -0.3 is 14.4 Å². The predicted molar refractivity (Wildman–Crippen MR) is 115 cm³/mol. The minimum atomic E-state index is -1.13. The van der Waals surface area contributed by atoms with Gasteiger partial charge in [-0.15, -0.1) is 0 Å². The second-order valence-electron chi connectivity index (χ2n) is 8.31. The first-order valence-electron chi connectivity index (χ1n) is 10.7. The van der Waals surface area contributed by atoms with E-state index in [0.717, 1.165) is 32.1 Å². The van der Waals surface area contributed by atoms with Crippen LogP contribution in [0.4, 0.5) is 4.79 Å². The summed E-state index contributed by atoms with van der Waals surface area (Å²) >= 11 is 0. The fraction of sp³-hybridized carbons (Fsp3) is 0.682. The molecule has 0 spiro atoms.